The molecule has 0 radical (unpaired) electrons. The van der Waals surface area contributed by atoms with Gasteiger partial charge < -0.3 is 9.47 Å². The molecular formula is C19H27N3O. The Morgan fingerprint density at radius 1 is 1.30 bits per heavy atom. The van der Waals surface area contributed by atoms with E-state index in [9.17, 15) is 4.79 Å². The number of fused-ring (bicyclic) bond motifs is 1. The van der Waals surface area contributed by atoms with Gasteiger partial charge in [0.1, 0.15) is 5.65 Å². The van der Waals surface area contributed by atoms with Gasteiger partial charge in [-0.3, -0.25) is 4.79 Å². The van der Waals surface area contributed by atoms with Gasteiger partial charge in [0.25, 0.3) is 0 Å². The smallest absolute Gasteiger partial charge is 0.219 e. The number of amides is 1. The number of hydrogen-bond donors (Lipinski definition) is 0. The van der Waals surface area contributed by atoms with Gasteiger partial charge in [-0.15, -0.1) is 0 Å². The maximum atomic E-state index is 11.5. The van der Waals surface area contributed by atoms with E-state index in [1.807, 2.05) is 17.2 Å². The molecule has 0 unspecified atom stereocenters. The molecule has 0 aromatic carbocycles. The Kier molecular flexibility index (Phi) is 4.17. The second-order valence-corrected chi connectivity index (χ2v) is 7.76. The Morgan fingerprint density at radius 3 is 2.61 bits per heavy atom. The first-order chi connectivity index (χ1) is 10.9. The number of rotatable bonds is 2. The number of carbonyl (C=O) groups is 1. The van der Waals surface area contributed by atoms with E-state index in [0.717, 1.165) is 38.1 Å². The lowest BCUT2D eigenvalue weighted by Gasteiger charge is -2.32. The van der Waals surface area contributed by atoms with E-state index in [2.05, 4.69) is 42.5 Å². The molecule has 23 heavy (non-hydrogen) atoms. The first-order valence-corrected chi connectivity index (χ1v) is 8.56. The van der Waals surface area contributed by atoms with Crippen molar-refractivity contribution in [3.8, 4) is 0 Å². The fraction of sp³-hybridized carbons (Fsp3) is 0.579. The zero-order valence-electron chi connectivity index (χ0n) is 14.7. The summed E-state index contributed by atoms with van der Waals surface area (Å²) in [7, 11) is 0. The number of nitrogens with zero attached hydrogens (tertiary/aromatic N) is 3. The standard InChI is InChI=1S/C19H27N3O/c1-14(23)21-10-7-15(8-11-21)13-22-17(19(2,3)4)12-16-6-5-9-20-18(16)22/h5-6,9,12,15H,7-8,10-11,13H2,1-4H3. The Bertz CT molecular complexity index is 703. The average molecular weight is 313 g/mol. The normalized spacial score (nSPS) is 17.0. The third-order valence-corrected chi connectivity index (χ3v) is 4.92. The highest BCUT2D eigenvalue weighted by molar-refractivity contribution is 5.77. The lowest BCUT2D eigenvalue weighted by Crippen LogP contribution is -2.38. The monoisotopic (exact) mass is 313 g/mol. The van der Waals surface area contributed by atoms with Crippen molar-refractivity contribution in [2.45, 2.75) is 52.5 Å². The van der Waals surface area contributed by atoms with Crippen molar-refractivity contribution in [1.82, 2.24) is 14.5 Å². The number of likely N-dealkylation sites (tertiary alicyclic amines) is 1. The molecule has 1 amide bonds. The summed E-state index contributed by atoms with van der Waals surface area (Å²) in [6.45, 7) is 11.2. The van der Waals surface area contributed by atoms with E-state index in [1.54, 1.807) is 6.92 Å². The van der Waals surface area contributed by atoms with Gasteiger partial charge >= 0.3 is 0 Å². The molecule has 4 heteroatoms. The summed E-state index contributed by atoms with van der Waals surface area (Å²) in [5, 5.41) is 1.22. The van der Waals surface area contributed by atoms with E-state index >= 15 is 0 Å². The Morgan fingerprint density at radius 2 is 2.00 bits per heavy atom. The summed E-state index contributed by atoms with van der Waals surface area (Å²) in [4.78, 5) is 18.1. The first kappa shape index (κ1) is 16.0. The molecule has 3 heterocycles. The molecule has 3 rings (SSSR count). The topological polar surface area (TPSA) is 38.1 Å². The molecule has 0 saturated carbocycles. The first-order valence-electron chi connectivity index (χ1n) is 8.56. The van der Waals surface area contributed by atoms with Gasteiger partial charge in [-0.25, -0.2) is 4.98 Å². The lowest BCUT2D eigenvalue weighted by molar-refractivity contribution is -0.130. The van der Waals surface area contributed by atoms with Crippen LogP contribution in [0, 0.1) is 5.92 Å². The van der Waals surface area contributed by atoms with Crippen LogP contribution in [0.15, 0.2) is 24.4 Å². The van der Waals surface area contributed by atoms with Crippen molar-refractivity contribution >= 4 is 16.9 Å². The van der Waals surface area contributed by atoms with Crippen LogP contribution in [0.25, 0.3) is 11.0 Å². The second kappa shape index (κ2) is 5.99. The quantitative estimate of drug-likeness (QED) is 0.850. The molecule has 4 nitrogen and oxygen atoms in total. The minimum Gasteiger partial charge on any atom is -0.343 e. The summed E-state index contributed by atoms with van der Waals surface area (Å²) in [6, 6.07) is 6.43. The molecule has 0 bridgehead atoms. The maximum absolute atomic E-state index is 11.5. The van der Waals surface area contributed by atoms with E-state index in [0.29, 0.717) is 5.92 Å². The summed E-state index contributed by atoms with van der Waals surface area (Å²) in [5.41, 5.74) is 2.53. The van der Waals surface area contributed by atoms with Crippen LogP contribution in [0.3, 0.4) is 0 Å². The van der Waals surface area contributed by atoms with Crippen molar-refractivity contribution in [2.75, 3.05) is 13.1 Å². The average Bonchev–Trinajstić information content (AvgIpc) is 2.87. The van der Waals surface area contributed by atoms with E-state index in [1.165, 1.54) is 11.1 Å². The fourth-order valence-electron chi connectivity index (χ4n) is 3.58. The number of piperidine rings is 1. The minimum atomic E-state index is 0.0980. The van der Waals surface area contributed by atoms with E-state index < -0.39 is 0 Å². The van der Waals surface area contributed by atoms with Crippen molar-refractivity contribution in [3.63, 3.8) is 0 Å². The van der Waals surface area contributed by atoms with Gasteiger partial charge in [0, 0.05) is 49.2 Å². The Hall–Kier alpha value is -1.84. The van der Waals surface area contributed by atoms with Crippen molar-refractivity contribution < 1.29 is 4.79 Å². The van der Waals surface area contributed by atoms with Crippen LogP contribution < -0.4 is 0 Å². The van der Waals surface area contributed by atoms with Crippen LogP contribution in [0.4, 0.5) is 0 Å². The zero-order valence-corrected chi connectivity index (χ0v) is 14.7. The van der Waals surface area contributed by atoms with Gasteiger partial charge in [-0.1, -0.05) is 20.8 Å². The summed E-state index contributed by atoms with van der Waals surface area (Å²) in [5.74, 6) is 0.816. The highest BCUT2D eigenvalue weighted by Crippen LogP contribution is 2.31. The van der Waals surface area contributed by atoms with Crippen molar-refractivity contribution in [1.29, 1.82) is 0 Å². The molecular weight excluding hydrogens is 286 g/mol. The van der Waals surface area contributed by atoms with Crippen LogP contribution >= 0.6 is 0 Å². The Balaban J connectivity index is 1.86. The SMILES string of the molecule is CC(=O)N1CCC(Cn2c(C(C)(C)C)cc3cccnc32)CC1. The van der Waals surface area contributed by atoms with Crippen LogP contribution in [-0.2, 0) is 16.8 Å². The van der Waals surface area contributed by atoms with E-state index in [4.69, 9.17) is 0 Å². The second-order valence-electron chi connectivity index (χ2n) is 7.76. The van der Waals surface area contributed by atoms with Gasteiger partial charge in [0.2, 0.25) is 5.91 Å². The van der Waals surface area contributed by atoms with Crippen LogP contribution in [0.2, 0.25) is 0 Å². The molecule has 2 aromatic heterocycles. The lowest BCUT2D eigenvalue weighted by atomic mass is 9.91. The van der Waals surface area contributed by atoms with Gasteiger partial charge in [0.05, 0.1) is 0 Å². The third-order valence-electron chi connectivity index (χ3n) is 4.92. The largest absolute Gasteiger partial charge is 0.343 e. The van der Waals surface area contributed by atoms with Crippen LogP contribution in [0.5, 0.6) is 0 Å². The van der Waals surface area contributed by atoms with Gasteiger partial charge in [0.15, 0.2) is 0 Å². The van der Waals surface area contributed by atoms with Gasteiger partial charge in [-0.05, 0) is 37.0 Å². The number of hydrogen-bond acceptors (Lipinski definition) is 2. The van der Waals surface area contributed by atoms with Crippen LogP contribution in [-0.4, -0.2) is 33.4 Å². The maximum Gasteiger partial charge on any atom is 0.219 e. The van der Waals surface area contributed by atoms with Crippen molar-refractivity contribution in [3.05, 3.63) is 30.1 Å². The zero-order chi connectivity index (χ0) is 16.6. The number of carbonyl (C=O) groups excluding carboxylic acids is 1. The van der Waals surface area contributed by atoms with Gasteiger partial charge in [-0.2, -0.15) is 0 Å². The molecule has 2 aromatic rings. The van der Waals surface area contributed by atoms with Crippen molar-refractivity contribution in [2.24, 2.45) is 5.92 Å². The molecule has 1 aliphatic heterocycles. The number of pyridine rings is 1. The fourth-order valence-corrected chi connectivity index (χ4v) is 3.58. The molecule has 1 saturated heterocycles. The molecule has 1 aliphatic rings. The van der Waals surface area contributed by atoms with Crippen LogP contribution in [0.1, 0.15) is 46.2 Å². The molecule has 0 N–H and O–H groups in total. The predicted molar refractivity (Wildman–Crippen MR) is 93.4 cm³/mol. The molecule has 124 valence electrons. The predicted octanol–water partition coefficient (Wildman–Crippen LogP) is 3.59. The Labute approximate surface area is 138 Å². The summed E-state index contributed by atoms with van der Waals surface area (Å²) >= 11 is 0. The highest BCUT2D eigenvalue weighted by Gasteiger charge is 2.25. The van der Waals surface area contributed by atoms with E-state index in [-0.39, 0.29) is 11.3 Å². The molecule has 0 aliphatic carbocycles. The molecule has 1 fully saturated rings. The number of aromatic nitrogens is 2. The molecule has 0 spiro atoms. The summed E-state index contributed by atoms with van der Waals surface area (Å²) in [6.07, 6.45) is 4.04. The summed E-state index contributed by atoms with van der Waals surface area (Å²) < 4.78 is 2.41. The third kappa shape index (κ3) is 3.26. The molecule has 0 atom stereocenters. The minimum absolute atomic E-state index is 0.0980. The highest BCUT2D eigenvalue weighted by atomic mass is 16.2.